The molecule has 0 saturated carbocycles. The molecule has 0 aliphatic heterocycles. The molecule has 0 amide bonds. The van der Waals surface area contributed by atoms with E-state index in [1.807, 2.05) is 0 Å². The Bertz CT molecular complexity index is 593. The molecule has 3 N–H and O–H groups in total. The number of aromatic hydroxyl groups is 1. The molecule has 7 heteroatoms. The van der Waals surface area contributed by atoms with E-state index in [0.29, 0.717) is 10.8 Å². The Morgan fingerprint density at radius 3 is 2.79 bits per heavy atom. The fourth-order valence-corrected chi connectivity index (χ4v) is 1.83. The summed E-state index contributed by atoms with van der Waals surface area (Å²) in [5, 5.41) is 14.7. The van der Waals surface area contributed by atoms with Gasteiger partial charge in [-0.2, -0.15) is 0 Å². The van der Waals surface area contributed by atoms with Gasteiger partial charge in [0.05, 0.1) is 0 Å². The van der Waals surface area contributed by atoms with E-state index in [4.69, 9.17) is 15.7 Å². The van der Waals surface area contributed by atoms with Crippen molar-refractivity contribution in [3.8, 4) is 5.75 Å². The molecule has 6 nitrogen and oxygen atoms in total. The highest BCUT2D eigenvalue weighted by atomic mass is 32.1. The molecule has 0 atom stereocenters. The van der Waals surface area contributed by atoms with Crippen molar-refractivity contribution < 1.29 is 14.7 Å². The van der Waals surface area contributed by atoms with Gasteiger partial charge in [-0.1, -0.05) is 17.3 Å². The normalized spacial score (nSPS) is 11.3. The van der Waals surface area contributed by atoms with Gasteiger partial charge in [0.15, 0.2) is 10.8 Å². The average molecular weight is 276 g/mol. The average Bonchev–Trinajstić information content (AvgIpc) is 2.83. The van der Waals surface area contributed by atoms with E-state index >= 15 is 0 Å². The third-order valence-electron chi connectivity index (χ3n) is 2.18. The summed E-state index contributed by atoms with van der Waals surface area (Å²) in [6, 6.07) is 6.46. The van der Waals surface area contributed by atoms with Crippen LogP contribution in [0.15, 0.2) is 34.8 Å². The lowest BCUT2D eigenvalue weighted by Gasteiger charge is -2.00. The second-order valence-electron chi connectivity index (χ2n) is 3.55. The molecule has 19 heavy (non-hydrogen) atoms. The second-order valence-corrected chi connectivity index (χ2v) is 4.44. The monoisotopic (exact) mass is 276 g/mol. The maximum atomic E-state index is 10.8. The van der Waals surface area contributed by atoms with Gasteiger partial charge < -0.3 is 15.7 Å². The zero-order chi connectivity index (χ0) is 13.7. The topological polar surface area (TPSA) is 97.8 Å². The zero-order valence-corrected chi connectivity index (χ0v) is 10.6. The van der Waals surface area contributed by atoms with Crippen LogP contribution in [0.5, 0.6) is 5.75 Å². The summed E-state index contributed by atoms with van der Waals surface area (Å²) < 4.78 is 0. The molecule has 1 aromatic carbocycles. The molecule has 0 unspecified atom stereocenters. The smallest absolute Gasteiger partial charge is 0.259 e. The minimum atomic E-state index is -0.0354. The highest BCUT2D eigenvalue weighted by Crippen LogP contribution is 2.13. The number of aromatic nitrogens is 1. The van der Waals surface area contributed by atoms with Crippen LogP contribution >= 0.6 is 11.3 Å². The van der Waals surface area contributed by atoms with Crippen LogP contribution in [0.3, 0.4) is 0 Å². The van der Waals surface area contributed by atoms with Crippen LogP contribution in [0.1, 0.15) is 11.3 Å². The van der Waals surface area contributed by atoms with Crippen molar-refractivity contribution in [1.82, 2.24) is 4.98 Å². The van der Waals surface area contributed by atoms with E-state index in [2.05, 4.69) is 10.1 Å². The lowest BCUT2D eigenvalue weighted by molar-refractivity contribution is 0.131. The largest absolute Gasteiger partial charge is 0.508 e. The summed E-state index contributed by atoms with van der Waals surface area (Å²) in [6.07, 6.45) is 1.65. The number of carbonyl (C=O) groups excluding carboxylic acids is 1. The van der Waals surface area contributed by atoms with Crippen molar-refractivity contribution in [1.29, 1.82) is 0 Å². The highest BCUT2D eigenvalue weighted by Gasteiger charge is 2.08. The molecule has 0 aliphatic rings. The van der Waals surface area contributed by atoms with Gasteiger partial charge >= 0.3 is 0 Å². The van der Waals surface area contributed by atoms with E-state index in [-0.39, 0.29) is 18.1 Å². The Balaban J connectivity index is 2.00. The summed E-state index contributed by atoms with van der Waals surface area (Å²) >= 11 is 1.20. The summed E-state index contributed by atoms with van der Waals surface area (Å²) in [6.45, 7) is 0.172. The molecule has 0 spiro atoms. The van der Waals surface area contributed by atoms with Gasteiger partial charge in [-0.25, -0.2) is 4.98 Å². The number of phenolic OH excluding ortho intramolecular Hbond substituents is 1. The van der Waals surface area contributed by atoms with Crippen LogP contribution in [-0.2, 0) is 16.2 Å². The SMILES string of the molecule is Nc1nc(C([C]=O)=NOCc2ccc(O)cc2)cs1. The van der Waals surface area contributed by atoms with Crippen LogP contribution in [0.25, 0.3) is 0 Å². The number of phenols is 1. The Hall–Kier alpha value is -2.41. The predicted octanol–water partition coefficient (Wildman–Crippen LogP) is 1.46. The molecule has 2 rings (SSSR count). The number of anilines is 1. The van der Waals surface area contributed by atoms with Crippen molar-refractivity contribution in [3.05, 3.63) is 40.9 Å². The molecule has 97 valence electrons. The molecule has 0 saturated heterocycles. The fourth-order valence-electron chi connectivity index (χ4n) is 1.28. The summed E-state index contributed by atoms with van der Waals surface area (Å²) in [5.41, 5.74) is 6.57. The van der Waals surface area contributed by atoms with E-state index in [1.54, 1.807) is 23.8 Å². The number of hydrogen-bond donors (Lipinski definition) is 2. The van der Waals surface area contributed by atoms with Gasteiger partial charge in [0.2, 0.25) is 0 Å². The van der Waals surface area contributed by atoms with Crippen molar-refractivity contribution in [2.75, 3.05) is 5.73 Å². The van der Waals surface area contributed by atoms with Crippen LogP contribution in [-0.4, -0.2) is 22.1 Å². The van der Waals surface area contributed by atoms with Crippen molar-refractivity contribution in [2.24, 2.45) is 5.16 Å². The van der Waals surface area contributed by atoms with Gasteiger partial charge in [-0.05, 0) is 17.7 Å². The quantitative estimate of drug-likeness (QED) is 0.636. The Morgan fingerprint density at radius 1 is 1.47 bits per heavy atom. The van der Waals surface area contributed by atoms with Crippen LogP contribution in [0, 0.1) is 0 Å². The summed E-state index contributed by atoms with van der Waals surface area (Å²) in [4.78, 5) is 19.7. The van der Waals surface area contributed by atoms with Crippen molar-refractivity contribution in [3.63, 3.8) is 0 Å². The summed E-state index contributed by atoms with van der Waals surface area (Å²) in [7, 11) is 0. The van der Waals surface area contributed by atoms with Crippen LogP contribution < -0.4 is 5.73 Å². The molecule has 1 heterocycles. The van der Waals surface area contributed by atoms with Gasteiger partial charge in [0.25, 0.3) is 6.29 Å². The highest BCUT2D eigenvalue weighted by molar-refractivity contribution is 7.13. The Morgan fingerprint density at radius 2 is 2.21 bits per heavy atom. The predicted molar refractivity (Wildman–Crippen MR) is 71.7 cm³/mol. The first-order valence-electron chi connectivity index (χ1n) is 5.26. The van der Waals surface area contributed by atoms with Gasteiger partial charge in [-0.3, -0.25) is 4.79 Å². The molecule has 1 aromatic heterocycles. The van der Waals surface area contributed by atoms with Gasteiger partial charge in [0, 0.05) is 5.38 Å². The minimum Gasteiger partial charge on any atom is -0.508 e. The maximum Gasteiger partial charge on any atom is 0.259 e. The van der Waals surface area contributed by atoms with E-state index in [0.717, 1.165) is 5.56 Å². The molecule has 0 fully saturated rings. The number of thiazole rings is 1. The molecular weight excluding hydrogens is 266 g/mol. The summed E-state index contributed by atoms with van der Waals surface area (Å²) in [5.74, 6) is 0.173. The first-order valence-corrected chi connectivity index (χ1v) is 6.14. The van der Waals surface area contributed by atoms with Gasteiger partial charge in [0.1, 0.15) is 18.1 Å². The number of hydrogen-bond acceptors (Lipinski definition) is 7. The second kappa shape index (κ2) is 5.96. The molecule has 2 aromatic rings. The Labute approximate surface area is 113 Å². The van der Waals surface area contributed by atoms with E-state index in [9.17, 15) is 4.79 Å². The number of nitrogen functional groups attached to an aromatic ring is 1. The molecular formula is C12H10N3O3S. The number of oxime groups is 1. The zero-order valence-electron chi connectivity index (χ0n) is 9.74. The lowest BCUT2D eigenvalue weighted by atomic mass is 10.2. The lowest BCUT2D eigenvalue weighted by Crippen LogP contribution is -2.04. The third-order valence-corrected chi connectivity index (χ3v) is 2.86. The maximum absolute atomic E-state index is 10.8. The fraction of sp³-hybridized carbons (Fsp3) is 0.0833. The molecule has 0 bridgehead atoms. The number of rotatable bonds is 5. The number of nitrogens with zero attached hydrogens (tertiary/aromatic N) is 2. The van der Waals surface area contributed by atoms with E-state index in [1.165, 1.54) is 23.5 Å². The van der Waals surface area contributed by atoms with Crippen molar-refractivity contribution in [2.45, 2.75) is 6.61 Å². The van der Waals surface area contributed by atoms with Gasteiger partial charge in [-0.15, -0.1) is 11.3 Å². The van der Waals surface area contributed by atoms with Crippen molar-refractivity contribution >= 4 is 28.5 Å². The Kier molecular flexibility index (Phi) is 4.09. The number of benzene rings is 1. The molecule has 0 aliphatic carbocycles. The first-order chi connectivity index (χ1) is 9.19. The van der Waals surface area contributed by atoms with Crippen LogP contribution in [0.2, 0.25) is 0 Å². The van der Waals surface area contributed by atoms with E-state index < -0.39 is 0 Å². The minimum absolute atomic E-state index is 0.0354. The van der Waals surface area contributed by atoms with Crippen LogP contribution in [0.4, 0.5) is 5.13 Å². The molecule has 1 radical (unpaired) electrons. The standard InChI is InChI=1S/C12H10N3O3S/c13-12-14-11(7-19-12)10(5-16)15-18-6-8-1-3-9(17)4-2-8/h1-4,7,17H,6H2,(H2,13,14). The number of nitrogens with two attached hydrogens (primary N) is 1. The first kappa shape index (κ1) is 13.0. The third kappa shape index (κ3) is 3.52.